The van der Waals surface area contributed by atoms with Crippen molar-refractivity contribution in [3.63, 3.8) is 0 Å². The first-order valence-electron chi connectivity index (χ1n) is 8.66. The molecule has 0 aromatic heterocycles. The molecule has 0 amide bonds. The number of hydrogen-bond donors (Lipinski definition) is 1. The van der Waals surface area contributed by atoms with Gasteiger partial charge < -0.3 is 15.0 Å². The Balaban J connectivity index is 0. The molecule has 0 bridgehead atoms. The SMILES string of the molecule is CC(O)CCCC/C=C/CCCCCCCCCC(=O)[O-].[Na+]. The van der Waals surface area contributed by atoms with E-state index in [4.69, 9.17) is 5.11 Å². The Morgan fingerprint density at radius 3 is 1.86 bits per heavy atom. The maximum Gasteiger partial charge on any atom is 1.00 e. The molecular weight excluding hydrogens is 287 g/mol. The molecule has 124 valence electrons. The van der Waals surface area contributed by atoms with E-state index in [1.807, 2.05) is 6.92 Å². The van der Waals surface area contributed by atoms with Crippen molar-refractivity contribution in [3.05, 3.63) is 12.2 Å². The number of aliphatic hydroxyl groups excluding tert-OH is 1. The number of carbonyl (C=O) groups is 1. The Morgan fingerprint density at radius 1 is 0.909 bits per heavy atom. The molecule has 3 nitrogen and oxygen atoms in total. The fourth-order valence-electron chi connectivity index (χ4n) is 2.35. The number of carboxylic acid groups (broad SMARTS) is 1. The van der Waals surface area contributed by atoms with Gasteiger partial charge in [-0.1, -0.05) is 50.7 Å². The summed E-state index contributed by atoms with van der Waals surface area (Å²) in [6.07, 6.45) is 18.0. The molecule has 0 spiro atoms. The second-order valence-corrected chi connectivity index (χ2v) is 5.99. The molecule has 0 aliphatic carbocycles. The molecule has 0 fully saturated rings. The third kappa shape index (κ3) is 22.5. The zero-order valence-electron chi connectivity index (χ0n) is 14.7. The molecule has 0 saturated heterocycles. The monoisotopic (exact) mass is 320 g/mol. The number of hydrogen-bond acceptors (Lipinski definition) is 3. The van der Waals surface area contributed by atoms with Gasteiger partial charge in [0.05, 0.1) is 6.10 Å². The number of aliphatic carboxylic acids is 1. The molecule has 0 aromatic carbocycles. The predicted molar refractivity (Wildman–Crippen MR) is 85.8 cm³/mol. The Morgan fingerprint density at radius 2 is 1.36 bits per heavy atom. The molecule has 22 heavy (non-hydrogen) atoms. The van der Waals surface area contributed by atoms with E-state index >= 15 is 0 Å². The predicted octanol–water partition coefficient (Wildman–Crippen LogP) is 0.749. The maximum absolute atomic E-state index is 10.2. The molecule has 0 saturated carbocycles. The van der Waals surface area contributed by atoms with E-state index in [2.05, 4.69) is 12.2 Å². The van der Waals surface area contributed by atoms with Crippen LogP contribution in [-0.2, 0) is 4.79 Å². The molecule has 4 heteroatoms. The first-order chi connectivity index (χ1) is 10.1. The minimum atomic E-state index is -0.923. The van der Waals surface area contributed by atoms with Gasteiger partial charge in [0.25, 0.3) is 0 Å². The fourth-order valence-corrected chi connectivity index (χ4v) is 2.35. The zero-order valence-corrected chi connectivity index (χ0v) is 16.7. The van der Waals surface area contributed by atoms with Gasteiger partial charge in [0.2, 0.25) is 0 Å². The summed E-state index contributed by atoms with van der Waals surface area (Å²) >= 11 is 0. The van der Waals surface area contributed by atoms with E-state index < -0.39 is 5.97 Å². The molecular formula is C18H33NaO3. The molecule has 1 atom stereocenters. The van der Waals surface area contributed by atoms with Crippen molar-refractivity contribution in [1.29, 1.82) is 0 Å². The van der Waals surface area contributed by atoms with Crippen LogP contribution in [0.2, 0.25) is 0 Å². The minimum absolute atomic E-state index is 0. The zero-order chi connectivity index (χ0) is 15.8. The summed E-state index contributed by atoms with van der Waals surface area (Å²) in [4.78, 5) is 10.2. The molecule has 0 heterocycles. The topological polar surface area (TPSA) is 60.4 Å². The third-order valence-electron chi connectivity index (χ3n) is 3.66. The van der Waals surface area contributed by atoms with Gasteiger partial charge in [0.15, 0.2) is 0 Å². The molecule has 1 N–H and O–H groups in total. The van der Waals surface area contributed by atoms with E-state index in [0.717, 1.165) is 38.5 Å². The van der Waals surface area contributed by atoms with Crippen molar-refractivity contribution in [2.45, 2.75) is 96.5 Å². The Hall–Kier alpha value is 0.170. The Labute approximate surface area is 158 Å². The molecule has 0 aromatic rings. The van der Waals surface area contributed by atoms with Gasteiger partial charge in [0.1, 0.15) is 0 Å². The van der Waals surface area contributed by atoms with Gasteiger partial charge >= 0.3 is 29.6 Å². The first-order valence-corrected chi connectivity index (χ1v) is 8.66. The van der Waals surface area contributed by atoms with Crippen LogP contribution in [0.4, 0.5) is 0 Å². The number of allylic oxidation sites excluding steroid dienone is 2. The van der Waals surface area contributed by atoms with Crippen LogP contribution in [0.3, 0.4) is 0 Å². The van der Waals surface area contributed by atoms with Gasteiger partial charge in [0, 0.05) is 5.97 Å². The number of aliphatic hydroxyl groups is 1. The van der Waals surface area contributed by atoms with E-state index in [9.17, 15) is 9.90 Å². The third-order valence-corrected chi connectivity index (χ3v) is 3.66. The van der Waals surface area contributed by atoms with Gasteiger partial charge in [-0.2, -0.15) is 0 Å². The van der Waals surface area contributed by atoms with Crippen molar-refractivity contribution in [2.75, 3.05) is 0 Å². The summed E-state index contributed by atoms with van der Waals surface area (Å²) in [5, 5.41) is 19.3. The van der Waals surface area contributed by atoms with E-state index in [-0.39, 0.29) is 42.1 Å². The minimum Gasteiger partial charge on any atom is -0.550 e. The number of rotatable bonds is 15. The van der Waals surface area contributed by atoms with E-state index in [1.54, 1.807) is 0 Å². The van der Waals surface area contributed by atoms with E-state index in [1.165, 1.54) is 38.5 Å². The first kappa shape index (κ1) is 24.4. The largest absolute Gasteiger partial charge is 1.00 e. The van der Waals surface area contributed by atoms with Crippen LogP contribution >= 0.6 is 0 Å². The van der Waals surface area contributed by atoms with Crippen molar-refractivity contribution in [3.8, 4) is 0 Å². The Bertz CT molecular complexity index is 265. The summed E-state index contributed by atoms with van der Waals surface area (Å²) in [5.74, 6) is -0.923. The summed E-state index contributed by atoms with van der Waals surface area (Å²) in [6.45, 7) is 1.85. The van der Waals surface area contributed by atoms with Crippen molar-refractivity contribution in [1.82, 2.24) is 0 Å². The standard InChI is InChI=1S/C18H34O3.Na/c1-17(19)15-13-11-9-7-5-3-2-4-6-8-10-12-14-16-18(20)21;/h5,7,17,19H,2-4,6,8-16H2,1H3,(H,20,21);/q;+1/p-1/b7-5+;. The van der Waals surface area contributed by atoms with Crippen molar-refractivity contribution in [2.24, 2.45) is 0 Å². The van der Waals surface area contributed by atoms with Crippen LogP contribution in [0, 0.1) is 0 Å². The number of carboxylic acids is 1. The van der Waals surface area contributed by atoms with Gasteiger partial charge in [-0.15, -0.1) is 0 Å². The summed E-state index contributed by atoms with van der Waals surface area (Å²) in [6, 6.07) is 0. The molecule has 0 radical (unpaired) electrons. The number of carbonyl (C=O) groups excluding carboxylic acids is 1. The van der Waals surface area contributed by atoms with E-state index in [0.29, 0.717) is 0 Å². The molecule has 0 rings (SSSR count). The average molecular weight is 320 g/mol. The molecule has 1 unspecified atom stereocenters. The van der Waals surface area contributed by atoms with Crippen LogP contribution < -0.4 is 34.7 Å². The van der Waals surface area contributed by atoms with Crippen molar-refractivity contribution >= 4 is 5.97 Å². The van der Waals surface area contributed by atoms with Crippen LogP contribution in [0.25, 0.3) is 0 Å². The summed E-state index contributed by atoms with van der Waals surface area (Å²) < 4.78 is 0. The Kier molecular flexibility index (Phi) is 21.3. The quantitative estimate of drug-likeness (QED) is 0.275. The summed E-state index contributed by atoms with van der Waals surface area (Å²) in [5.41, 5.74) is 0. The van der Waals surface area contributed by atoms with Crippen LogP contribution in [-0.4, -0.2) is 17.2 Å². The van der Waals surface area contributed by atoms with Crippen LogP contribution in [0.1, 0.15) is 90.4 Å². The van der Waals surface area contributed by atoms with Crippen molar-refractivity contribution < 1.29 is 44.6 Å². The smallest absolute Gasteiger partial charge is 0.550 e. The fraction of sp³-hybridized carbons (Fsp3) is 0.833. The molecule has 0 aliphatic rings. The van der Waals surface area contributed by atoms with Gasteiger partial charge in [-0.05, 0) is 51.9 Å². The van der Waals surface area contributed by atoms with Gasteiger partial charge in [-0.3, -0.25) is 0 Å². The second-order valence-electron chi connectivity index (χ2n) is 5.99. The summed E-state index contributed by atoms with van der Waals surface area (Å²) in [7, 11) is 0. The maximum atomic E-state index is 10.2. The average Bonchev–Trinajstić information content (AvgIpc) is 2.42. The van der Waals surface area contributed by atoms with Gasteiger partial charge in [-0.25, -0.2) is 0 Å². The van der Waals surface area contributed by atoms with Crippen LogP contribution in [0.15, 0.2) is 12.2 Å². The number of unbranched alkanes of at least 4 members (excludes halogenated alkanes) is 9. The van der Waals surface area contributed by atoms with Crippen LogP contribution in [0.5, 0.6) is 0 Å². The molecule has 0 aliphatic heterocycles. The normalized spacial score (nSPS) is 12.3. The second kappa shape index (κ2) is 19.2.